The van der Waals surface area contributed by atoms with Crippen molar-refractivity contribution in [3.8, 4) is 0 Å². The molecule has 1 saturated heterocycles. The van der Waals surface area contributed by atoms with Gasteiger partial charge in [0, 0.05) is 65.9 Å². The van der Waals surface area contributed by atoms with Crippen LogP contribution in [0.25, 0.3) is 10.9 Å². The highest BCUT2D eigenvalue weighted by atomic mass is 32.2. The predicted octanol–water partition coefficient (Wildman–Crippen LogP) is 4.33. The van der Waals surface area contributed by atoms with Crippen LogP contribution in [0.4, 0.5) is 5.69 Å². The topological polar surface area (TPSA) is 97.5 Å². The van der Waals surface area contributed by atoms with Crippen LogP contribution in [-0.4, -0.2) is 51.6 Å². The number of nitro groups is 1. The van der Waals surface area contributed by atoms with E-state index in [2.05, 4.69) is 22.9 Å². The van der Waals surface area contributed by atoms with Crippen molar-refractivity contribution in [2.24, 2.45) is 5.92 Å². The van der Waals surface area contributed by atoms with E-state index in [1.54, 1.807) is 11.8 Å². The Kier molecular flexibility index (Phi) is 7.52. The summed E-state index contributed by atoms with van der Waals surface area (Å²) in [7, 11) is 0. The lowest BCUT2D eigenvalue weighted by Gasteiger charge is -2.30. The lowest BCUT2D eigenvalue weighted by atomic mass is 9.99. The molecule has 178 valence electrons. The molecule has 1 fully saturated rings. The molecule has 2 heterocycles. The Balaban J connectivity index is 1.36. The molecule has 2 aromatic carbocycles. The number of likely N-dealkylation sites (tertiary alicyclic amines) is 1. The van der Waals surface area contributed by atoms with Gasteiger partial charge in [-0.3, -0.25) is 19.7 Å². The average Bonchev–Trinajstić information content (AvgIpc) is 3.20. The Morgan fingerprint density at radius 1 is 1.12 bits per heavy atom. The predicted molar refractivity (Wildman–Crippen MR) is 133 cm³/mol. The molecule has 1 aliphatic rings. The Morgan fingerprint density at radius 3 is 2.53 bits per heavy atom. The fourth-order valence-electron chi connectivity index (χ4n) is 4.13. The first-order valence-electron chi connectivity index (χ1n) is 11.4. The number of nitro benzene ring substituents is 1. The maximum atomic E-state index is 12.7. The molecule has 0 radical (unpaired) electrons. The van der Waals surface area contributed by atoms with Crippen LogP contribution in [0.5, 0.6) is 0 Å². The van der Waals surface area contributed by atoms with Gasteiger partial charge in [0.1, 0.15) is 0 Å². The molecule has 0 atom stereocenters. The van der Waals surface area contributed by atoms with Gasteiger partial charge in [-0.05, 0) is 37.0 Å². The molecular weight excluding hydrogens is 452 g/mol. The Hall–Kier alpha value is -3.33. The van der Waals surface area contributed by atoms with Gasteiger partial charge in [0.25, 0.3) is 11.6 Å². The first-order chi connectivity index (χ1) is 16.4. The number of fused-ring (bicyclic) bond motifs is 1. The molecule has 2 amide bonds. The van der Waals surface area contributed by atoms with Gasteiger partial charge in [-0.25, -0.2) is 0 Å². The average molecular weight is 481 g/mol. The zero-order valence-electron chi connectivity index (χ0n) is 19.1. The largest absolute Gasteiger partial charge is 0.350 e. The number of thioether (sulfide) groups is 1. The van der Waals surface area contributed by atoms with Crippen LogP contribution in [0.1, 0.15) is 30.1 Å². The normalized spacial score (nSPS) is 14.3. The van der Waals surface area contributed by atoms with Crippen LogP contribution >= 0.6 is 11.8 Å². The lowest BCUT2D eigenvalue weighted by molar-refractivity contribution is -0.384. The number of non-ortho nitro benzene ring substituents is 1. The second-order valence-corrected chi connectivity index (χ2v) is 9.63. The molecule has 8 nitrogen and oxygen atoms in total. The molecule has 1 aromatic heterocycles. The first-order valence-corrected chi connectivity index (χ1v) is 12.4. The number of piperidine rings is 1. The summed E-state index contributed by atoms with van der Waals surface area (Å²) in [6.07, 6.45) is 4.18. The minimum atomic E-state index is -0.491. The van der Waals surface area contributed by atoms with Crippen molar-refractivity contribution in [1.29, 1.82) is 0 Å². The van der Waals surface area contributed by atoms with Gasteiger partial charge in [-0.2, -0.15) is 0 Å². The van der Waals surface area contributed by atoms with Crippen LogP contribution in [0.3, 0.4) is 0 Å². The van der Waals surface area contributed by atoms with Crippen molar-refractivity contribution in [3.63, 3.8) is 0 Å². The van der Waals surface area contributed by atoms with Crippen molar-refractivity contribution in [2.75, 3.05) is 25.4 Å². The number of para-hydroxylation sites is 1. The number of amides is 2. The number of benzene rings is 2. The summed E-state index contributed by atoms with van der Waals surface area (Å²) in [5.74, 6) is 1.02. The second kappa shape index (κ2) is 10.7. The van der Waals surface area contributed by atoms with Crippen LogP contribution in [-0.2, 0) is 11.3 Å². The van der Waals surface area contributed by atoms with E-state index in [1.807, 2.05) is 29.3 Å². The highest BCUT2D eigenvalue weighted by Crippen LogP contribution is 2.30. The SMILES string of the molecule is CC1CCN(C(=O)CSc2cn(CCNC(=O)c3ccc([N+](=O)[O-])cc3)c3ccccc23)CC1. The third kappa shape index (κ3) is 5.59. The molecule has 0 aliphatic carbocycles. The van der Waals surface area contributed by atoms with Gasteiger partial charge in [0.15, 0.2) is 0 Å². The number of nitrogens with one attached hydrogen (secondary N) is 1. The summed E-state index contributed by atoms with van der Waals surface area (Å²) in [5, 5.41) is 14.7. The van der Waals surface area contributed by atoms with Crippen molar-refractivity contribution >= 4 is 40.2 Å². The fraction of sp³-hybridized carbons (Fsp3) is 0.360. The molecule has 4 rings (SSSR count). The first kappa shape index (κ1) is 23.8. The Bertz CT molecular complexity index is 1180. The molecule has 1 aliphatic heterocycles. The standard InChI is InChI=1S/C25H28N4O4S/c1-18-10-13-27(14-11-18)24(30)17-34-23-16-28(22-5-3-2-4-21(22)23)15-12-26-25(31)19-6-8-20(9-7-19)29(32)33/h2-9,16,18H,10-15,17H2,1H3,(H,26,31). The van der Waals surface area contributed by atoms with E-state index in [4.69, 9.17) is 0 Å². The molecule has 0 unspecified atom stereocenters. The smallest absolute Gasteiger partial charge is 0.269 e. The van der Waals surface area contributed by atoms with E-state index in [0.717, 1.165) is 41.7 Å². The van der Waals surface area contributed by atoms with Gasteiger partial charge in [0.2, 0.25) is 5.91 Å². The van der Waals surface area contributed by atoms with Crippen LogP contribution in [0.15, 0.2) is 59.6 Å². The van der Waals surface area contributed by atoms with Gasteiger partial charge >= 0.3 is 0 Å². The minimum absolute atomic E-state index is 0.0475. The number of aromatic nitrogens is 1. The van der Waals surface area contributed by atoms with E-state index in [9.17, 15) is 19.7 Å². The van der Waals surface area contributed by atoms with Crippen molar-refractivity contribution in [1.82, 2.24) is 14.8 Å². The number of carbonyl (C=O) groups excluding carboxylic acids is 2. The zero-order chi connectivity index (χ0) is 24.1. The molecule has 0 spiro atoms. The van der Waals surface area contributed by atoms with E-state index < -0.39 is 4.92 Å². The fourth-order valence-corrected chi connectivity index (χ4v) is 5.12. The minimum Gasteiger partial charge on any atom is -0.350 e. The Labute approximate surface area is 202 Å². The van der Waals surface area contributed by atoms with E-state index >= 15 is 0 Å². The quantitative estimate of drug-likeness (QED) is 0.294. The molecule has 0 saturated carbocycles. The van der Waals surface area contributed by atoms with Crippen molar-refractivity contribution in [2.45, 2.75) is 31.2 Å². The lowest BCUT2D eigenvalue weighted by Crippen LogP contribution is -2.38. The molecule has 9 heteroatoms. The summed E-state index contributed by atoms with van der Waals surface area (Å²) >= 11 is 1.56. The summed E-state index contributed by atoms with van der Waals surface area (Å²) in [6, 6.07) is 13.6. The van der Waals surface area contributed by atoms with Crippen LogP contribution in [0.2, 0.25) is 0 Å². The third-order valence-electron chi connectivity index (χ3n) is 6.22. The van der Waals surface area contributed by atoms with E-state index in [0.29, 0.717) is 30.3 Å². The summed E-state index contributed by atoms with van der Waals surface area (Å²) < 4.78 is 2.08. The molecule has 34 heavy (non-hydrogen) atoms. The number of hydrogen-bond acceptors (Lipinski definition) is 5. The summed E-state index contributed by atoms with van der Waals surface area (Å²) in [4.78, 5) is 38.4. The molecule has 3 aromatic rings. The monoisotopic (exact) mass is 480 g/mol. The van der Waals surface area contributed by atoms with Gasteiger partial charge in [-0.1, -0.05) is 25.1 Å². The van der Waals surface area contributed by atoms with E-state index in [-0.39, 0.29) is 17.5 Å². The highest BCUT2D eigenvalue weighted by molar-refractivity contribution is 8.00. The van der Waals surface area contributed by atoms with Crippen LogP contribution in [0, 0.1) is 16.0 Å². The van der Waals surface area contributed by atoms with E-state index in [1.165, 1.54) is 24.3 Å². The van der Waals surface area contributed by atoms with Crippen molar-refractivity contribution in [3.05, 3.63) is 70.4 Å². The number of nitrogens with zero attached hydrogens (tertiary/aromatic N) is 3. The summed E-state index contributed by atoms with van der Waals surface area (Å²) in [5.41, 5.74) is 1.38. The number of hydrogen-bond donors (Lipinski definition) is 1. The summed E-state index contributed by atoms with van der Waals surface area (Å²) in [6.45, 7) is 4.90. The van der Waals surface area contributed by atoms with Gasteiger partial charge in [-0.15, -0.1) is 11.8 Å². The molecular formula is C25H28N4O4S. The van der Waals surface area contributed by atoms with Gasteiger partial charge in [0.05, 0.1) is 10.7 Å². The van der Waals surface area contributed by atoms with Gasteiger partial charge < -0.3 is 14.8 Å². The zero-order valence-corrected chi connectivity index (χ0v) is 19.9. The van der Waals surface area contributed by atoms with Crippen molar-refractivity contribution < 1.29 is 14.5 Å². The number of carbonyl (C=O) groups is 2. The third-order valence-corrected chi connectivity index (χ3v) is 7.25. The second-order valence-electron chi connectivity index (χ2n) is 8.62. The maximum Gasteiger partial charge on any atom is 0.269 e. The molecule has 0 bridgehead atoms. The maximum absolute atomic E-state index is 12.7. The Morgan fingerprint density at radius 2 is 1.82 bits per heavy atom. The number of rotatable bonds is 8. The van der Waals surface area contributed by atoms with Crippen LogP contribution < -0.4 is 5.32 Å². The highest BCUT2D eigenvalue weighted by Gasteiger charge is 2.21. The molecule has 1 N–H and O–H groups in total.